The van der Waals surface area contributed by atoms with Crippen LogP contribution in [0.4, 0.5) is 0 Å². The molecule has 0 bridgehead atoms. The zero-order valence-corrected chi connectivity index (χ0v) is 14.1. The topological polar surface area (TPSA) is 89.3 Å². The van der Waals surface area contributed by atoms with Gasteiger partial charge < -0.3 is 5.73 Å². The summed E-state index contributed by atoms with van der Waals surface area (Å²) in [5, 5.41) is 0. The normalized spacial score (nSPS) is 12.1. The number of nitrogens with two attached hydrogens (primary N) is 1. The molecule has 0 saturated heterocycles. The molecule has 1 radical (unpaired) electrons. The van der Waals surface area contributed by atoms with Crippen LogP contribution >= 0.6 is 0 Å². The van der Waals surface area contributed by atoms with E-state index >= 15 is 0 Å². The lowest BCUT2D eigenvalue weighted by Crippen LogP contribution is -2.40. The SMILES string of the molecule is CC(C)(C)NS(=O)(=O)c1ccccc1-c1cc[c]cc1C(N)=O. The maximum atomic E-state index is 12.7. The van der Waals surface area contributed by atoms with Crippen LogP contribution in [0.25, 0.3) is 11.1 Å². The molecule has 0 aliphatic carbocycles. The van der Waals surface area contributed by atoms with E-state index in [1.807, 2.05) is 0 Å². The Morgan fingerprint density at radius 3 is 2.39 bits per heavy atom. The first-order valence-electron chi connectivity index (χ1n) is 7.05. The third-order valence-electron chi connectivity index (χ3n) is 3.04. The second kappa shape index (κ2) is 6.14. The molecule has 0 aromatic heterocycles. The first kappa shape index (κ1) is 17.2. The van der Waals surface area contributed by atoms with Gasteiger partial charge in [0, 0.05) is 16.7 Å². The molecule has 0 heterocycles. The van der Waals surface area contributed by atoms with Crippen molar-refractivity contribution >= 4 is 15.9 Å². The van der Waals surface area contributed by atoms with E-state index < -0.39 is 21.5 Å². The molecule has 2 aromatic carbocycles. The predicted molar refractivity (Wildman–Crippen MR) is 89.3 cm³/mol. The summed E-state index contributed by atoms with van der Waals surface area (Å²) in [5.41, 5.74) is 5.88. The number of hydrogen-bond donors (Lipinski definition) is 2. The molecule has 3 N–H and O–H groups in total. The van der Waals surface area contributed by atoms with Crippen LogP contribution in [-0.4, -0.2) is 19.9 Å². The van der Waals surface area contributed by atoms with Crippen LogP contribution in [0.5, 0.6) is 0 Å². The number of amides is 1. The van der Waals surface area contributed by atoms with E-state index in [2.05, 4.69) is 10.8 Å². The highest BCUT2D eigenvalue weighted by Crippen LogP contribution is 2.30. The van der Waals surface area contributed by atoms with Crippen molar-refractivity contribution in [2.45, 2.75) is 31.2 Å². The third-order valence-corrected chi connectivity index (χ3v) is 4.85. The molecule has 0 aliphatic heterocycles. The van der Waals surface area contributed by atoms with Gasteiger partial charge in [0.2, 0.25) is 15.9 Å². The summed E-state index contributed by atoms with van der Waals surface area (Å²) in [4.78, 5) is 11.7. The second-order valence-corrected chi connectivity index (χ2v) is 7.84. The van der Waals surface area contributed by atoms with Crippen LogP contribution in [0.2, 0.25) is 0 Å². The quantitative estimate of drug-likeness (QED) is 0.901. The Hall–Kier alpha value is -2.18. The lowest BCUT2D eigenvalue weighted by Gasteiger charge is -2.22. The molecule has 1 amide bonds. The molecule has 23 heavy (non-hydrogen) atoms. The highest BCUT2D eigenvalue weighted by atomic mass is 32.2. The number of hydrogen-bond acceptors (Lipinski definition) is 3. The first-order chi connectivity index (χ1) is 10.6. The Morgan fingerprint density at radius 2 is 1.78 bits per heavy atom. The smallest absolute Gasteiger partial charge is 0.249 e. The van der Waals surface area contributed by atoms with Crippen LogP contribution < -0.4 is 10.5 Å². The molecule has 0 spiro atoms. The Bertz CT molecular complexity index is 837. The van der Waals surface area contributed by atoms with Crippen molar-refractivity contribution in [2.75, 3.05) is 0 Å². The fourth-order valence-corrected chi connectivity index (χ4v) is 3.89. The zero-order chi connectivity index (χ0) is 17.3. The predicted octanol–water partition coefficient (Wildman–Crippen LogP) is 2.33. The molecule has 0 aliphatic rings. The van der Waals surface area contributed by atoms with Crippen molar-refractivity contribution < 1.29 is 13.2 Å². The van der Waals surface area contributed by atoms with Gasteiger partial charge in [0.05, 0.1) is 4.90 Å². The number of sulfonamides is 1. The van der Waals surface area contributed by atoms with E-state index in [9.17, 15) is 13.2 Å². The van der Waals surface area contributed by atoms with Crippen LogP contribution in [0.3, 0.4) is 0 Å². The van der Waals surface area contributed by atoms with E-state index in [-0.39, 0.29) is 10.5 Å². The lowest BCUT2D eigenvalue weighted by atomic mass is 9.99. The van der Waals surface area contributed by atoms with E-state index in [1.165, 1.54) is 12.1 Å². The van der Waals surface area contributed by atoms with Crippen molar-refractivity contribution in [3.63, 3.8) is 0 Å². The van der Waals surface area contributed by atoms with E-state index in [1.54, 1.807) is 51.1 Å². The van der Waals surface area contributed by atoms with Crippen molar-refractivity contribution in [3.05, 3.63) is 54.1 Å². The Balaban J connectivity index is 2.67. The van der Waals surface area contributed by atoms with Gasteiger partial charge in [-0.1, -0.05) is 30.3 Å². The fourth-order valence-electron chi connectivity index (χ4n) is 2.25. The van der Waals surface area contributed by atoms with Crippen LogP contribution in [0.15, 0.2) is 47.4 Å². The Kier molecular flexibility index (Phi) is 4.58. The van der Waals surface area contributed by atoms with E-state index in [4.69, 9.17) is 5.73 Å². The Morgan fingerprint density at radius 1 is 1.13 bits per heavy atom. The second-order valence-electron chi connectivity index (χ2n) is 6.19. The molecule has 6 heteroatoms. The van der Waals surface area contributed by atoms with E-state index in [0.29, 0.717) is 11.1 Å². The number of benzene rings is 2. The average Bonchev–Trinajstić information content (AvgIpc) is 2.45. The third kappa shape index (κ3) is 3.97. The summed E-state index contributed by atoms with van der Waals surface area (Å²) in [6.45, 7) is 5.29. The summed E-state index contributed by atoms with van der Waals surface area (Å²) in [6.07, 6.45) is 0. The molecule has 0 fully saturated rings. The van der Waals surface area contributed by atoms with Gasteiger partial charge in [-0.2, -0.15) is 0 Å². The van der Waals surface area contributed by atoms with Gasteiger partial charge in [-0.25, -0.2) is 13.1 Å². The summed E-state index contributed by atoms with van der Waals surface area (Å²) in [6, 6.07) is 14.0. The highest BCUT2D eigenvalue weighted by molar-refractivity contribution is 7.89. The highest BCUT2D eigenvalue weighted by Gasteiger charge is 2.25. The maximum absolute atomic E-state index is 12.7. The molecule has 0 saturated carbocycles. The molecule has 0 unspecified atom stereocenters. The van der Waals surface area contributed by atoms with Crippen molar-refractivity contribution in [1.82, 2.24) is 4.72 Å². The van der Waals surface area contributed by atoms with Gasteiger partial charge in [0.15, 0.2) is 0 Å². The standard InChI is InChI=1S/C17H19N2O3S/c1-17(2,3)19-23(21,22)15-11-7-6-9-13(15)12-8-4-5-10-14(12)16(18)20/h4,6-11,19H,1-3H3,(H2,18,20). The minimum Gasteiger partial charge on any atom is -0.366 e. The Labute approximate surface area is 136 Å². The maximum Gasteiger partial charge on any atom is 0.249 e. The minimum atomic E-state index is -3.75. The van der Waals surface area contributed by atoms with Gasteiger partial charge >= 0.3 is 0 Å². The summed E-state index contributed by atoms with van der Waals surface area (Å²) >= 11 is 0. The number of primary amides is 1. The van der Waals surface area contributed by atoms with Crippen molar-refractivity contribution in [3.8, 4) is 11.1 Å². The molecule has 2 rings (SSSR count). The van der Waals surface area contributed by atoms with Gasteiger partial charge in [0.1, 0.15) is 0 Å². The van der Waals surface area contributed by atoms with Gasteiger partial charge in [-0.05, 0) is 44.5 Å². The molecule has 121 valence electrons. The van der Waals surface area contributed by atoms with Gasteiger partial charge in [-0.3, -0.25) is 4.79 Å². The fraction of sp³-hybridized carbons (Fsp3) is 0.235. The number of rotatable bonds is 4. The van der Waals surface area contributed by atoms with Gasteiger partial charge in [-0.15, -0.1) is 0 Å². The zero-order valence-electron chi connectivity index (χ0n) is 13.3. The molecular weight excluding hydrogens is 312 g/mol. The average molecular weight is 331 g/mol. The number of carbonyl (C=O) groups excluding carboxylic acids is 1. The number of carbonyl (C=O) groups is 1. The van der Waals surface area contributed by atoms with Crippen LogP contribution in [0.1, 0.15) is 31.1 Å². The molecule has 2 aromatic rings. The summed E-state index contributed by atoms with van der Waals surface area (Å²) < 4.78 is 28.0. The molecule has 0 atom stereocenters. The molecular formula is C17H19N2O3S. The number of nitrogens with one attached hydrogen (secondary N) is 1. The van der Waals surface area contributed by atoms with Crippen LogP contribution in [-0.2, 0) is 10.0 Å². The summed E-state index contributed by atoms with van der Waals surface area (Å²) in [7, 11) is -3.75. The van der Waals surface area contributed by atoms with Crippen LogP contribution in [0, 0.1) is 6.07 Å². The molecule has 5 nitrogen and oxygen atoms in total. The van der Waals surface area contributed by atoms with Crippen molar-refractivity contribution in [1.29, 1.82) is 0 Å². The largest absolute Gasteiger partial charge is 0.366 e. The van der Waals surface area contributed by atoms with E-state index in [0.717, 1.165) is 0 Å². The first-order valence-corrected chi connectivity index (χ1v) is 8.53. The summed E-state index contributed by atoms with van der Waals surface area (Å²) in [5.74, 6) is -0.632. The monoisotopic (exact) mass is 331 g/mol. The van der Waals surface area contributed by atoms with Crippen molar-refractivity contribution in [2.24, 2.45) is 5.73 Å². The minimum absolute atomic E-state index is 0.101. The van der Waals surface area contributed by atoms with Gasteiger partial charge in [0.25, 0.3) is 0 Å². The lowest BCUT2D eigenvalue weighted by molar-refractivity contribution is 0.100.